The van der Waals surface area contributed by atoms with Gasteiger partial charge in [0.25, 0.3) is 5.91 Å². The summed E-state index contributed by atoms with van der Waals surface area (Å²) in [6.07, 6.45) is 2.00. The monoisotopic (exact) mass is 423 g/mol. The van der Waals surface area contributed by atoms with Crippen LogP contribution >= 0.6 is 0 Å². The van der Waals surface area contributed by atoms with Gasteiger partial charge in [-0.25, -0.2) is 9.97 Å². The van der Waals surface area contributed by atoms with Crippen molar-refractivity contribution < 1.29 is 14.4 Å². The van der Waals surface area contributed by atoms with Crippen LogP contribution < -0.4 is 10.5 Å². The third-order valence-electron chi connectivity index (χ3n) is 6.36. The van der Waals surface area contributed by atoms with Gasteiger partial charge in [0.15, 0.2) is 0 Å². The van der Waals surface area contributed by atoms with E-state index < -0.39 is 5.60 Å². The number of aromatic nitrogens is 2. The number of amides is 1. The first kappa shape index (κ1) is 21.1. The summed E-state index contributed by atoms with van der Waals surface area (Å²) in [5.41, 5.74) is 7.29. The number of hydrogen-bond donors (Lipinski definition) is 1. The molecule has 1 amide bonds. The highest BCUT2D eigenvalue weighted by Gasteiger charge is 2.47. The molecule has 164 valence electrons. The number of methoxy groups -OCH3 is 1. The number of nitrogen functional groups attached to an aromatic ring is 1. The van der Waals surface area contributed by atoms with E-state index in [0.29, 0.717) is 31.2 Å². The molecule has 0 unspecified atom stereocenters. The smallest absolute Gasteiger partial charge is 0.269 e. The summed E-state index contributed by atoms with van der Waals surface area (Å²) in [5, 5.41) is 4.24. The first-order chi connectivity index (χ1) is 14.7. The summed E-state index contributed by atoms with van der Waals surface area (Å²) < 4.78 is 5.43. The largest absolute Gasteiger partial charge is 0.496 e. The summed E-state index contributed by atoms with van der Waals surface area (Å²) >= 11 is 0. The summed E-state index contributed by atoms with van der Waals surface area (Å²) in [7, 11) is 1.62. The lowest BCUT2D eigenvalue weighted by molar-refractivity contribution is -0.154. The topological polar surface area (TPSA) is 103 Å². The molecular formula is C23H29N5O3. The number of nitrogens with two attached hydrogens (primary N) is 1. The highest BCUT2D eigenvalue weighted by atomic mass is 16.7. The van der Waals surface area contributed by atoms with E-state index in [9.17, 15) is 4.79 Å². The summed E-state index contributed by atoms with van der Waals surface area (Å²) in [6.45, 7) is 7.08. The Morgan fingerprint density at radius 1 is 1.19 bits per heavy atom. The highest BCUT2D eigenvalue weighted by molar-refractivity contribution is 6.07. The maximum Gasteiger partial charge on any atom is 0.269 e. The number of rotatable bonds is 4. The second-order valence-corrected chi connectivity index (χ2v) is 8.82. The zero-order valence-electron chi connectivity index (χ0n) is 18.5. The van der Waals surface area contributed by atoms with E-state index in [-0.39, 0.29) is 11.3 Å². The predicted octanol–water partition coefficient (Wildman–Crippen LogP) is 2.84. The molecule has 2 aliphatic heterocycles. The Bertz CT molecular complexity index is 1010. The Hall–Kier alpha value is -3.16. The first-order valence-corrected chi connectivity index (χ1v) is 10.5. The van der Waals surface area contributed by atoms with Gasteiger partial charge in [-0.1, -0.05) is 24.2 Å². The van der Waals surface area contributed by atoms with Crippen LogP contribution in [0, 0.1) is 6.92 Å². The van der Waals surface area contributed by atoms with E-state index in [1.165, 1.54) is 0 Å². The average Bonchev–Trinajstić information content (AvgIpc) is 3.16. The van der Waals surface area contributed by atoms with E-state index in [1.807, 2.05) is 49.1 Å². The van der Waals surface area contributed by atoms with Crippen LogP contribution in [0.4, 0.5) is 5.82 Å². The van der Waals surface area contributed by atoms with E-state index in [2.05, 4.69) is 22.0 Å². The van der Waals surface area contributed by atoms with Crippen LogP contribution in [0.5, 0.6) is 5.75 Å². The second-order valence-electron chi connectivity index (χ2n) is 8.82. The maximum atomic E-state index is 13.4. The lowest BCUT2D eigenvalue weighted by Crippen LogP contribution is -2.52. The number of para-hydroxylation sites is 1. The molecule has 0 radical (unpaired) electrons. The number of carbonyl (C=O) groups is 1. The molecule has 1 aromatic heterocycles. The Morgan fingerprint density at radius 3 is 2.58 bits per heavy atom. The van der Waals surface area contributed by atoms with Crippen molar-refractivity contribution in [1.82, 2.24) is 14.9 Å². The van der Waals surface area contributed by atoms with Crippen LogP contribution in [0.3, 0.4) is 0 Å². The zero-order valence-corrected chi connectivity index (χ0v) is 18.5. The SMILES string of the molecule is COc1ccccc1C1=NO[C@@](C)(C(=O)N2CCC(C)(c3cc(N)nc(C)n3)CC2)C1. The van der Waals surface area contributed by atoms with Crippen molar-refractivity contribution in [3.05, 3.63) is 47.4 Å². The van der Waals surface area contributed by atoms with Crippen molar-refractivity contribution in [1.29, 1.82) is 0 Å². The molecule has 1 fully saturated rings. The Balaban J connectivity index is 1.44. The van der Waals surface area contributed by atoms with Crippen molar-refractivity contribution in [2.24, 2.45) is 5.16 Å². The molecule has 0 bridgehead atoms. The summed E-state index contributed by atoms with van der Waals surface area (Å²) in [6, 6.07) is 9.48. The van der Waals surface area contributed by atoms with Crippen molar-refractivity contribution in [3.8, 4) is 5.75 Å². The molecule has 2 N–H and O–H groups in total. The predicted molar refractivity (Wildman–Crippen MR) is 118 cm³/mol. The molecule has 1 aromatic carbocycles. The van der Waals surface area contributed by atoms with Crippen molar-refractivity contribution in [3.63, 3.8) is 0 Å². The number of ether oxygens (including phenoxy) is 1. The van der Waals surface area contributed by atoms with Crippen LogP contribution in [0.1, 0.15) is 50.2 Å². The molecule has 1 atom stereocenters. The molecule has 0 spiro atoms. The van der Waals surface area contributed by atoms with Crippen molar-refractivity contribution in [2.45, 2.75) is 51.0 Å². The number of likely N-dealkylation sites (tertiary alicyclic amines) is 1. The third-order valence-corrected chi connectivity index (χ3v) is 6.36. The molecule has 3 heterocycles. The number of hydrogen-bond acceptors (Lipinski definition) is 7. The van der Waals surface area contributed by atoms with Gasteiger partial charge in [-0.05, 0) is 38.8 Å². The normalized spacial score (nSPS) is 22.6. The fraction of sp³-hybridized carbons (Fsp3) is 0.478. The number of nitrogens with zero attached hydrogens (tertiary/aromatic N) is 4. The van der Waals surface area contributed by atoms with Gasteiger partial charge < -0.3 is 20.2 Å². The lowest BCUT2D eigenvalue weighted by Gasteiger charge is -2.41. The summed E-state index contributed by atoms with van der Waals surface area (Å²) in [4.78, 5) is 29.7. The minimum atomic E-state index is -1.01. The molecule has 1 saturated heterocycles. The standard InChI is InChI=1S/C23H29N5O3/c1-15-25-19(13-20(24)26-15)22(2)9-11-28(12-10-22)21(29)23(3)14-17(27-31-23)16-7-5-6-8-18(16)30-4/h5-8,13H,9-12,14H2,1-4H3,(H2,24,25,26)/t23-/m1/s1. The van der Waals surface area contributed by atoms with E-state index in [4.69, 9.17) is 15.3 Å². The molecule has 8 nitrogen and oxygen atoms in total. The van der Waals surface area contributed by atoms with E-state index in [1.54, 1.807) is 7.11 Å². The van der Waals surface area contributed by atoms with Crippen molar-refractivity contribution >= 4 is 17.4 Å². The molecular weight excluding hydrogens is 394 g/mol. The number of piperidine rings is 1. The molecule has 2 aromatic rings. The van der Waals surface area contributed by atoms with Gasteiger partial charge in [-0.2, -0.15) is 0 Å². The first-order valence-electron chi connectivity index (χ1n) is 10.5. The molecule has 31 heavy (non-hydrogen) atoms. The average molecular weight is 424 g/mol. The van der Waals surface area contributed by atoms with Crippen LogP contribution in [0.25, 0.3) is 0 Å². The van der Waals surface area contributed by atoms with Crippen LogP contribution in [0.2, 0.25) is 0 Å². The van der Waals surface area contributed by atoms with Gasteiger partial charge in [0.2, 0.25) is 5.60 Å². The van der Waals surface area contributed by atoms with Crippen LogP contribution in [-0.4, -0.2) is 52.3 Å². The van der Waals surface area contributed by atoms with Crippen molar-refractivity contribution in [2.75, 3.05) is 25.9 Å². The number of benzene rings is 1. The van der Waals surface area contributed by atoms with Crippen LogP contribution in [-0.2, 0) is 15.0 Å². The van der Waals surface area contributed by atoms with Gasteiger partial charge in [-0.3, -0.25) is 4.79 Å². The molecule has 0 aliphatic carbocycles. The molecule has 4 rings (SSSR count). The van der Waals surface area contributed by atoms with E-state index in [0.717, 1.165) is 35.6 Å². The number of aryl methyl sites for hydroxylation is 1. The molecule has 8 heteroatoms. The fourth-order valence-electron chi connectivity index (χ4n) is 4.38. The fourth-order valence-corrected chi connectivity index (χ4v) is 4.38. The highest BCUT2D eigenvalue weighted by Crippen LogP contribution is 2.37. The van der Waals surface area contributed by atoms with Gasteiger partial charge in [0.05, 0.1) is 18.5 Å². The molecule has 2 aliphatic rings. The summed E-state index contributed by atoms with van der Waals surface area (Å²) in [5.74, 6) is 1.83. The minimum Gasteiger partial charge on any atom is -0.496 e. The number of carbonyl (C=O) groups excluding carboxylic acids is 1. The van der Waals surface area contributed by atoms with Crippen LogP contribution in [0.15, 0.2) is 35.5 Å². The quantitative estimate of drug-likeness (QED) is 0.811. The van der Waals surface area contributed by atoms with Gasteiger partial charge >= 0.3 is 0 Å². The third kappa shape index (κ3) is 3.94. The van der Waals surface area contributed by atoms with Gasteiger partial charge in [-0.15, -0.1) is 0 Å². The maximum absolute atomic E-state index is 13.4. The Morgan fingerprint density at radius 2 is 1.90 bits per heavy atom. The second kappa shape index (κ2) is 7.83. The number of anilines is 1. The van der Waals surface area contributed by atoms with E-state index >= 15 is 0 Å². The Kier molecular flexibility index (Phi) is 5.33. The Labute approximate surface area is 182 Å². The lowest BCUT2D eigenvalue weighted by atomic mass is 9.77. The number of oxime groups is 1. The minimum absolute atomic E-state index is 0.0402. The zero-order chi connectivity index (χ0) is 22.2. The van der Waals surface area contributed by atoms with Gasteiger partial charge in [0, 0.05) is 36.6 Å². The molecule has 0 saturated carbocycles. The van der Waals surface area contributed by atoms with Gasteiger partial charge in [0.1, 0.15) is 17.4 Å².